The van der Waals surface area contributed by atoms with Gasteiger partial charge in [-0.15, -0.1) is 0 Å². The van der Waals surface area contributed by atoms with E-state index in [-0.39, 0.29) is 23.1 Å². The first-order valence-corrected chi connectivity index (χ1v) is 7.46. The van der Waals surface area contributed by atoms with Gasteiger partial charge in [-0.25, -0.2) is 0 Å². The number of benzene rings is 1. The van der Waals surface area contributed by atoms with Crippen molar-refractivity contribution < 1.29 is 4.79 Å². The predicted octanol–water partition coefficient (Wildman–Crippen LogP) is 1.48. The third-order valence-corrected chi connectivity index (χ3v) is 3.88. The fourth-order valence-corrected chi connectivity index (χ4v) is 2.72. The number of piperazine rings is 1. The number of rotatable bonds is 2. The summed E-state index contributed by atoms with van der Waals surface area (Å²) in [5, 5.41) is 3.28. The lowest BCUT2D eigenvalue weighted by atomic mass is 10.1. The second kappa shape index (κ2) is 6.15. The monoisotopic (exact) mass is 297 g/mol. The van der Waals surface area contributed by atoms with Gasteiger partial charge in [0.2, 0.25) is 0 Å². The third-order valence-electron chi connectivity index (χ3n) is 3.88. The molecule has 2 N–H and O–H groups in total. The number of hydrogen-bond acceptors (Lipinski definition) is 3. The van der Waals surface area contributed by atoms with Crippen molar-refractivity contribution in [2.45, 2.75) is 13.0 Å². The average molecular weight is 297 g/mol. The van der Waals surface area contributed by atoms with Crippen LogP contribution in [0.5, 0.6) is 0 Å². The van der Waals surface area contributed by atoms with Crippen molar-refractivity contribution in [2.24, 2.45) is 0 Å². The van der Waals surface area contributed by atoms with E-state index >= 15 is 0 Å². The largest absolute Gasteiger partial charge is 0.336 e. The highest BCUT2D eigenvalue weighted by molar-refractivity contribution is 5.94. The van der Waals surface area contributed by atoms with Crippen LogP contribution in [0.2, 0.25) is 0 Å². The Bertz CT molecular complexity index is 724. The van der Waals surface area contributed by atoms with Crippen molar-refractivity contribution in [3.63, 3.8) is 0 Å². The minimum atomic E-state index is -0.336. The second-order valence-corrected chi connectivity index (χ2v) is 5.59. The van der Waals surface area contributed by atoms with Crippen LogP contribution in [0.3, 0.4) is 0 Å². The Balaban J connectivity index is 1.86. The molecule has 3 rings (SSSR count). The molecule has 1 amide bonds. The Morgan fingerprint density at radius 2 is 1.95 bits per heavy atom. The number of amides is 1. The van der Waals surface area contributed by atoms with Gasteiger partial charge in [-0.2, -0.15) is 0 Å². The van der Waals surface area contributed by atoms with Crippen LogP contribution in [0.1, 0.15) is 17.3 Å². The molecule has 1 aromatic heterocycles. The molecule has 0 radical (unpaired) electrons. The summed E-state index contributed by atoms with van der Waals surface area (Å²) in [5.41, 5.74) is 1.51. The lowest BCUT2D eigenvalue weighted by molar-refractivity contribution is 0.0707. The number of carbonyl (C=O) groups excluding carboxylic acids is 1. The molecule has 5 nitrogen and oxygen atoms in total. The van der Waals surface area contributed by atoms with E-state index in [1.54, 1.807) is 17.0 Å². The number of hydrogen-bond donors (Lipinski definition) is 2. The van der Waals surface area contributed by atoms with E-state index in [9.17, 15) is 9.59 Å². The molecule has 1 atom stereocenters. The molecule has 114 valence electrons. The molecule has 2 heterocycles. The van der Waals surface area contributed by atoms with E-state index < -0.39 is 0 Å². The van der Waals surface area contributed by atoms with Gasteiger partial charge in [0.05, 0.1) is 0 Å². The lowest BCUT2D eigenvalue weighted by Crippen LogP contribution is -2.52. The normalized spacial score (nSPS) is 18.2. The molecule has 0 bridgehead atoms. The molecule has 22 heavy (non-hydrogen) atoms. The molecule has 5 heteroatoms. The first-order valence-electron chi connectivity index (χ1n) is 7.46. The zero-order valence-corrected chi connectivity index (χ0v) is 12.5. The summed E-state index contributed by atoms with van der Waals surface area (Å²) >= 11 is 0. The van der Waals surface area contributed by atoms with E-state index in [1.165, 1.54) is 0 Å². The number of nitrogens with one attached hydrogen (secondary N) is 2. The van der Waals surface area contributed by atoms with Crippen molar-refractivity contribution in [1.29, 1.82) is 0 Å². The summed E-state index contributed by atoms with van der Waals surface area (Å²) in [7, 11) is 0. The SMILES string of the molecule is CC1CN(C(=O)c2ccc(-c3ccccc3)[nH]c2=O)CCN1. The molecule has 1 aliphatic rings. The number of nitrogens with zero attached hydrogens (tertiary/aromatic N) is 1. The van der Waals surface area contributed by atoms with Gasteiger partial charge in [0, 0.05) is 31.4 Å². The lowest BCUT2D eigenvalue weighted by Gasteiger charge is -2.31. The van der Waals surface area contributed by atoms with E-state index in [4.69, 9.17) is 0 Å². The Hall–Kier alpha value is -2.40. The Morgan fingerprint density at radius 1 is 1.18 bits per heavy atom. The molecule has 0 aliphatic carbocycles. The van der Waals surface area contributed by atoms with E-state index in [0.29, 0.717) is 13.1 Å². The summed E-state index contributed by atoms with van der Waals surface area (Å²) < 4.78 is 0. The highest BCUT2D eigenvalue weighted by Gasteiger charge is 2.23. The van der Waals surface area contributed by atoms with Crippen molar-refractivity contribution in [3.05, 3.63) is 58.4 Å². The number of aromatic nitrogens is 1. The van der Waals surface area contributed by atoms with Gasteiger partial charge in [-0.1, -0.05) is 30.3 Å². The van der Waals surface area contributed by atoms with Crippen LogP contribution in [-0.4, -0.2) is 41.5 Å². The maximum Gasteiger partial charge on any atom is 0.261 e. The van der Waals surface area contributed by atoms with Gasteiger partial charge in [0.1, 0.15) is 5.56 Å². The smallest absolute Gasteiger partial charge is 0.261 e. The van der Waals surface area contributed by atoms with Crippen LogP contribution in [0, 0.1) is 0 Å². The van der Waals surface area contributed by atoms with Crippen LogP contribution in [0.15, 0.2) is 47.3 Å². The summed E-state index contributed by atoms with van der Waals surface area (Å²) in [5.74, 6) is -0.200. The summed E-state index contributed by atoms with van der Waals surface area (Å²) in [6.07, 6.45) is 0. The van der Waals surface area contributed by atoms with Gasteiger partial charge >= 0.3 is 0 Å². The van der Waals surface area contributed by atoms with Crippen LogP contribution in [-0.2, 0) is 0 Å². The van der Waals surface area contributed by atoms with Gasteiger partial charge in [-0.05, 0) is 24.6 Å². The number of pyridine rings is 1. The second-order valence-electron chi connectivity index (χ2n) is 5.59. The van der Waals surface area contributed by atoms with Gasteiger partial charge in [0.25, 0.3) is 11.5 Å². The minimum Gasteiger partial charge on any atom is -0.336 e. The van der Waals surface area contributed by atoms with Crippen LogP contribution in [0.4, 0.5) is 0 Å². The Labute approximate surface area is 129 Å². The predicted molar refractivity (Wildman–Crippen MR) is 85.9 cm³/mol. The zero-order chi connectivity index (χ0) is 15.5. The third kappa shape index (κ3) is 2.94. The van der Waals surface area contributed by atoms with Gasteiger partial charge < -0.3 is 15.2 Å². The molecule has 1 fully saturated rings. The first-order chi connectivity index (χ1) is 10.6. The fourth-order valence-electron chi connectivity index (χ4n) is 2.72. The maximum atomic E-state index is 12.5. The molecule has 1 unspecified atom stereocenters. The van der Waals surface area contributed by atoms with Crippen molar-refractivity contribution in [2.75, 3.05) is 19.6 Å². The first kappa shape index (κ1) is 14.5. The molecule has 1 saturated heterocycles. The molecule has 0 spiro atoms. The highest BCUT2D eigenvalue weighted by atomic mass is 16.2. The molecule has 2 aromatic rings. The summed E-state index contributed by atoms with van der Waals surface area (Å²) in [4.78, 5) is 29.3. The van der Waals surface area contributed by atoms with Crippen molar-refractivity contribution >= 4 is 5.91 Å². The summed E-state index contributed by atoms with van der Waals surface area (Å²) in [6.45, 7) is 4.04. The van der Waals surface area contributed by atoms with Gasteiger partial charge in [0.15, 0.2) is 0 Å². The average Bonchev–Trinajstić information content (AvgIpc) is 2.55. The Morgan fingerprint density at radius 3 is 2.64 bits per heavy atom. The standard InChI is InChI=1S/C17H19N3O2/c1-12-11-20(10-9-18-12)17(22)14-7-8-15(19-16(14)21)13-5-3-2-4-6-13/h2-8,12,18H,9-11H2,1H3,(H,19,21). The van der Waals surface area contributed by atoms with Gasteiger partial charge in [-0.3, -0.25) is 9.59 Å². The molecular weight excluding hydrogens is 278 g/mol. The maximum absolute atomic E-state index is 12.5. The molecule has 1 aliphatic heterocycles. The molecular formula is C17H19N3O2. The van der Waals surface area contributed by atoms with Crippen molar-refractivity contribution in [1.82, 2.24) is 15.2 Å². The Kier molecular flexibility index (Phi) is 4.06. The molecule has 1 aromatic carbocycles. The fraction of sp³-hybridized carbons (Fsp3) is 0.294. The zero-order valence-electron chi connectivity index (χ0n) is 12.5. The van der Waals surface area contributed by atoms with Crippen LogP contribution >= 0.6 is 0 Å². The quantitative estimate of drug-likeness (QED) is 0.882. The van der Waals surface area contributed by atoms with E-state index in [1.807, 2.05) is 37.3 Å². The highest BCUT2D eigenvalue weighted by Crippen LogP contribution is 2.15. The number of aromatic amines is 1. The number of carbonyl (C=O) groups is 1. The van der Waals surface area contributed by atoms with E-state index in [2.05, 4.69) is 10.3 Å². The van der Waals surface area contributed by atoms with Crippen LogP contribution in [0.25, 0.3) is 11.3 Å². The molecule has 0 saturated carbocycles. The van der Waals surface area contributed by atoms with Crippen LogP contribution < -0.4 is 10.9 Å². The topological polar surface area (TPSA) is 65.2 Å². The van der Waals surface area contributed by atoms with E-state index in [0.717, 1.165) is 17.8 Å². The number of H-pyrrole nitrogens is 1. The van der Waals surface area contributed by atoms with Crippen molar-refractivity contribution in [3.8, 4) is 11.3 Å². The summed E-state index contributed by atoms with van der Waals surface area (Å²) in [6, 6.07) is 13.2. The minimum absolute atomic E-state index is 0.200.